The summed E-state index contributed by atoms with van der Waals surface area (Å²) in [6.45, 7) is 0. The Morgan fingerprint density at radius 1 is 0.609 bits per heavy atom. The molecule has 0 unspecified atom stereocenters. The number of rotatable bonds is 4. The number of aryl methyl sites for hydroxylation is 2. The van der Waals surface area contributed by atoms with Gasteiger partial charge in [0.2, 0.25) is 0 Å². The fourth-order valence-corrected chi connectivity index (χ4v) is 3.18. The van der Waals surface area contributed by atoms with E-state index in [2.05, 4.69) is 95.7 Å². The van der Waals surface area contributed by atoms with Gasteiger partial charge in [-0.15, -0.1) is 0 Å². The summed E-state index contributed by atoms with van der Waals surface area (Å²) in [5.41, 5.74) is 5.30. The molecule has 0 fully saturated rings. The fourth-order valence-electron chi connectivity index (χ4n) is 3.18. The van der Waals surface area contributed by atoms with Crippen molar-refractivity contribution in [2.75, 3.05) is 0 Å². The highest BCUT2D eigenvalue weighted by Gasteiger charge is 2.09. The molecule has 1 nitrogen and oxygen atoms in total. The van der Waals surface area contributed by atoms with Gasteiger partial charge >= 0.3 is 0 Å². The zero-order valence-corrected chi connectivity index (χ0v) is 13.0. The van der Waals surface area contributed by atoms with Crippen molar-refractivity contribution in [3.63, 3.8) is 0 Å². The molecule has 4 rings (SSSR count). The topological polar surface area (TPSA) is 4.93 Å². The van der Waals surface area contributed by atoms with Crippen LogP contribution in [0, 0.1) is 0 Å². The molecule has 0 radical (unpaired) electrons. The van der Waals surface area contributed by atoms with Crippen LogP contribution in [0.3, 0.4) is 0 Å². The third kappa shape index (κ3) is 2.78. The van der Waals surface area contributed by atoms with Crippen LogP contribution in [0.1, 0.15) is 11.1 Å². The maximum atomic E-state index is 2.30. The lowest BCUT2D eigenvalue weighted by molar-refractivity contribution is 0.959. The van der Waals surface area contributed by atoms with Gasteiger partial charge in [0.25, 0.3) is 0 Å². The second-order valence-corrected chi connectivity index (χ2v) is 5.86. The first kappa shape index (κ1) is 13.8. The van der Waals surface area contributed by atoms with Crippen molar-refractivity contribution >= 4 is 10.9 Å². The van der Waals surface area contributed by atoms with Crippen molar-refractivity contribution in [2.45, 2.75) is 12.8 Å². The summed E-state index contributed by atoms with van der Waals surface area (Å²) in [6.07, 6.45) is 4.43. The number of para-hydroxylation sites is 2. The van der Waals surface area contributed by atoms with E-state index >= 15 is 0 Å². The lowest BCUT2D eigenvalue weighted by Gasteiger charge is -2.04. The van der Waals surface area contributed by atoms with E-state index in [9.17, 15) is 0 Å². The van der Waals surface area contributed by atoms with Gasteiger partial charge in [-0.1, -0.05) is 66.7 Å². The van der Waals surface area contributed by atoms with Crippen LogP contribution in [0.25, 0.3) is 16.6 Å². The van der Waals surface area contributed by atoms with Gasteiger partial charge in [-0.05, 0) is 42.2 Å². The summed E-state index contributed by atoms with van der Waals surface area (Å²) >= 11 is 0. The third-order valence-electron chi connectivity index (χ3n) is 4.35. The van der Waals surface area contributed by atoms with Crippen molar-refractivity contribution in [1.29, 1.82) is 0 Å². The molecular formula is C22H19N. The van der Waals surface area contributed by atoms with E-state index in [0.29, 0.717) is 0 Å². The van der Waals surface area contributed by atoms with Crippen molar-refractivity contribution in [3.8, 4) is 5.69 Å². The van der Waals surface area contributed by atoms with E-state index in [1.165, 1.54) is 27.7 Å². The normalized spacial score (nSPS) is 11.0. The van der Waals surface area contributed by atoms with E-state index in [0.717, 1.165) is 12.8 Å². The standard InChI is InChI=1S/C22H19N/c1-3-9-18(10-4-1)15-16-19-17-23(20-11-5-2-6-12-20)22-14-8-7-13-21(19)22/h1-14,17H,15-16H2. The Hall–Kier alpha value is -2.80. The van der Waals surface area contributed by atoms with Crippen LogP contribution >= 0.6 is 0 Å². The molecule has 0 amide bonds. The Labute approximate surface area is 136 Å². The molecule has 0 aliphatic heterocycles. The minimum Gasteiger partial charge on any atom is -0.316 e. The van der Waals surface area contributed by atoms with Crippen LogP contribution in [-0.4, -0.2) is 4.57 Å². The highest BCUT2D eigenvalue weighted by Crippen LogP contribution is 2.26. The van der Waals surface area contributed by atoms with Crippen molar-refractivity contribution < 1.29 is 0 Å². The molecule has 0 N–H and O–H groups in total. The lowest BCUT2D eigenvalue weighted by Crippen LogP contribution is -1.91. The molecule has 23 heavy (non-hydrogen) atoms. The molecule has 0 atom stereocenters. The van der Waals surface area contributed by atoms with Gasteiger partial charge < -0.3 is 4.57 Å². The Morgan fingerprint density at radius 2 is 1.26 bits per heavy atom. The number of hydrogen-bond acceptors (Lipinski definition) is 0. The highest BCUT2D eigenvalue weighted by molar-refractivity contribution is 5.85. The Balaban J connectivity index is 1.73. The van der Waals surface area contributed by atoms with Crippen molar-refractivity contribution in [3.05, 3.63) is 102 Å². The van der Waals surface area contributed by atoms with Crippen LogP contribution < -0.4 is 0 Å². The Morgan fingerprint density at radius 3 is 2.04 bits per heavy atom. The summed E-state index contributed by atoms with van der Waals surface area (Å²) in [5, 5.41) is 1.35. The molecule has 4 aromatic rings. The molecule has 0 bridgehead atoms. The second kappa shape index (κ2) is 6.13. The molecular weight excluding hydrogens is 278 g/mol. The first-order valence-corrected chi connectivity index (χ1v) is 8.10. The van der Waals surface area contributed by atoms with Crippen molar-refractivity contribution in [2.24, 2.45) is 0 Å². The molecule has 0 spiro atoms. The van der Waals surface area contributed by atoms with Crippen LogP contribution in [0.15, 0.2) is 91.1 Å². The number of aromatic nitrogens is 1. The maximum absolute atomic E-state index is 2.30. The average Bonchev–Trinajstić information content (AvgIpc) is 3.01. The summed E-state index contributed by atoms with van der Waals surface area (Å²) < 4.78 is 2.30. The smallest absolute Gasteiger partial charge is 0.0531 e. The SMILES string of the molecule is c1ccc(CCc2cn(-c3ccccc3)c3ccccc23)cc1. The van der Waals surface area contributed by atoms with Gasteiger partial charge in [0.05, 0.1) is 5.52 Å². The average molecular weight is 297 g/mol. The molecule has 112 valence electrons. The zero-order chi connectivity index (χ0) is 15.5. The summed E-state index contributed by atoms with van der Waals surface area (Å²) in [7, 11) is 0. The summed E-state index contributed by atoms with van der Waals surface area (Å²) in [6, 6.07) is 30.0. The van der Waals surface area contributed by atoms with Crippen LogP contribution in [0.2, 0.25) is 0 Å². The van der Waals surface area contributed by atoms with E-state index in [1.807, 2.05) is 0 Å². The Bertz CT molecular complexity index is 905. The third-order valence-corrected chi connectivity index (χ3v) is 4.35. The first-order valence-electron chi connectivity index (χ1n) is 8.10. The van der Waals surface area contributed by atoms with Crippen LogP contribution in [0.4, 0.5) is 0 Å². The fraction of sp³-hybridized carbons (Fsp3) is 0.0909. The zero-order valence-electron chi connectivity index (χ0n) is 13.0. The van der Waals surface area contributed by atoms with E-state index in [4.69, 9.17) is 0 Å². The van der Waals surface area contributed by atoms with Gasteiger partial charge in [-0.3, -0.25) is 0 Å². The van der Waals surface area contributed by atoms with E-state index in [1.54, 1.807) is 0 Å². The van der Waals surface area contributed by atoms with Gasteiger partial charge in [0.15, 0.2) is 0 Å². The predicted octanol–water partition coefficient (Wildman–Crippen LogP) is 5.42. The molecule has 0 saturated heterocycles. The lowest BCUT2D eigenvalue weighted by atomic mass is 10.0. The Kier molecular flexibility index (Phi) is 3.69. The first-order chi connectivity index (χ1) is 11.4. The van der Waals surface area contributed by atoms with Gasteiger partial charge in [0, 0.05) is 17.3 Å². The number of nitrogens with zero attached hydrogens (tertiary/aromatic N) is 1. The molecule has 0 aliphatic carbocycles. The van der Waals surface area contributed by atoms with Gasteiger partial charge in [-0.25, -0.2) is 0 Å². The molecule has 1 heteroatoms. The summed E-state index contributed by atoms with van der Waals surface area (Å²) in [5.74, 6) is 0. The highest BCUT2D eigenvalue weighted by atomic mass is 15.0. The van der Waals surface area contributed by atoms with Crippen LogP contribution in [-0.2, 0) is 12.8 Å². The quantitative estimate of drug-likeness (QED) is 0.474. The molecule has 0 aliphatic rings. The molecule has 0 saturated carbocycles. The number of hydrogen-bond donors (Lipinski definition) is 0. The minimum atomic E-state index is 1.06. The van der Waals surface area contributed by atoms with Crippen molar-refractivity contribution in [1.82, 2.24) is 4.57 Å². The van der Waals surface area contributed by atoms with Gasteiger partial charge in [0.1, 0.15) is 0 Å². The maximum Gasteiger partial charge on any atom is 0.0531 e. The number of fused-ring (bicyclic) bond motifs is 1. The van der Waals surface area contributed by atoms with Crippen LogP contribution in [0.5, 0.6) is 0 Å². The molecule has 1 heterocycles. The summed E-state index contributed by atoms with van der Waals surface area (Å²) in [4.78, 5) is 0. The number of benzene rings is 3. The van der Waals surface area contributed by atoms with Gasteiger partial charge in [-0.2, -0.15) is 0 Å². The van der Waals surface area contributed by atoms with E-state index in [-0.39, 0.29) is 0 Å². The predicted molar refractivity (Wildman–Crippen MR) is 97.1 cm³/mol. The second-order valence-electron chi connectivity index (χ2n) is 5.86. The molecule has 3 aromatic carbocycles. The monoisotopic (exact) mass is 297 g/mol. The largest absolute Gasteiger partial charge is 0.316 e. The minimum absolute atomic E-state index is 1.06. The molecule has 1 aromatic heterocycles. The van der Waals surface area contributed by atoms with E-state index < -0.39 is 0 Å².